The third-order valence-corrected chi connectivity index (χ3v) is 2.26. The average molecular weight is 289 g/mol. The third kappa shape index (κ3) is 3.52. The summed E-state index contributed by atoms with van der Waals surface area (Å²) in [6.07, 6.45) is 0. The van der Waals surface area contributed by atoms with E-state index in [1.54, 1.807) is 0 Å². The second-order valence-corrected chi connectivity index (χ2v) is 3.71. The van der Waals surface area contributed by atoms with E-state index in [0.29, 0.717) is 4.47 Å². The number of hydrogen-bond acceptors (Lipinski definition) is 4. The molecule has 7 heteroatoms. The molecule has 0 aliphatic carbocycles. The number of aromatic hydroxyl groups is 1. The van der Waals surface area contributed by atoms with E-state index in [0.717, 1.165) is 0 Å². The molecule has 0 bridgehead atoms. The van der Waals surface area contributed by atoms with Crippen molar-refractivity contribution in [1.82, 2.24) is 5.48 Å². The highest BCUT2D eigenvalue weighted by molar-refractivity contribution is 9.10. The molecule has 0 atom stereocenters. The van der Waals surface area contributed by atoms with Crippen LogP contribution < -0.4 is 11.2 Å². The summed E-state index contributed by atoms with van der Waals surface area (Å²) in [7, 11) is 0. The van der Waals surface area contributed by atoms with Crippen LogP contribution in [0.15, 0.2) is 22.7 Å². The van der Waals surface area contributed by atoms with E-state index in [1.807, 2.05) is 5.48 Å². The lowest BCUT2D eigenvalue weighted by Gasteiger charge is -2.05. The minimum Gasteiger partial charge on any atom is -0.507 e. The Labute approximate surface area is 99.5 Å². The lowest BCUT2D eigenvalue weighted by Crippen LogP contribution is -2.29. The van der Waals surface area contributed by atoms with Crippen LogP contribution in [0.3, 0.4) is 0 Å². The Hall–Kier alpha value is -1.60. The number of primary amides is 1. The molecule has 0 fully saturated rings. The molecule has 6 nitrogen and oxygen atoms in total. The van der Waals surface area contributed by atoms with Crippen molar-refractivity contribution in [3.63, 3.8) is 0 Å². The number of halogens is 1. The lowest BCUT2D eigenvalue weighted by molar-refractivity contribution is -0.124. The molecule has 16 heavy (non-hydrogen) atoms. The second kappa shape index (κ2) is 5.47. The van der Waals surface area contributed by atoms with E-state index < -0.39 is 18.4 Å². The first-order valence-corrected chi connectivity index (χ1v) is 4.99. The smallest absolute Gasteiger partial charge is 0.274 e. The molecule has 1 rings (SSSR count). The standard InChI is InChI=1S/C9H9BrN2O4/c10-6-2-1-5(3-7(6)13)9(15)12-16-4-8(11)14/h1-3,13H,4H2,(H2,11,14)(H,12,15). The molecule has 0 heterocycles. The zero-order valence-electron chi connectivity index (χ0n) is 8.07. The van der Waals surface area contributed by atoms with Crippen molar-refractivity contribution in [3.8, 4) is 5.75 Å². The minimum absolute atomic E-state index is 0.0671. The maximum absolute atomic E-state index is 11.4. The monoisotopic (exact) mass is 288 g/mol. The van der Waals surface area contributed by atoms with Gasteiger partial charge in [-0.25, -0.2) is 5.48 Å². The number of carbonyl (C=O) groups excluding carboxylic acids is 2. The number of benzene rings is 1. The molecular formula is C9H9BrN2O4. The summed E-state index contributed by atoms with van der Waals surface area (Å²) in [5, 5.41) is 9.32. The second-order valence-electron chi connectivity index (χ2n) is 2.85. The number of amides is 2. The van der Waals surface area contributed by atoms with Gasteiger partial charge in [0.25, 0.3) is 5.91 Å². The van der Waals surface area contributed by atoms with Crippen LogP contribution in [-0.2, 0) is 9.63 Å². The van der Waals surface area contributed by atoms with E-state index in [9.17, 15) is 14.7 Å². The predicted molar refractivity (Wildman–Crippen MR) is 58.4 cm³/mol. The zero-order chi connectivity index (χ0) is 12.1. The van der Waals surface area contributed by atoms with Crippen LogP contribution in [0.4, 0.5) is 0 Å². The maximum atomic E-state index is 11.4. The van der Waals surface area contributed by atoms with Gasteiger partial charge in [0.15, 0.2) is 6.61 Å². The molecule has 0 radical (unpaired) electrons. The van der Waals surface area contributed by atoms with Gasteiger partial charge in [0.1, 0.15) is 5.75 Å². The molecule has 4 N–H and O–H groups in total. The highest BCUT2D eigenvalue weighted by Crippen LogP contribution is 2.24. The molecule has 0 saturated carbocycles. The van der Waals surface area contributed by atoms with Crippen molar-refractivity contribution in [2.24, 2.45) is 5.73 Å². The highest BCUT2D eigenvalue weighted by Gasteiger charge is 2.08. The van der Waals surface area contributed by atoms with Gasteiger partial charge in [-0.15, -0.1) is 0 Å². The van der Waals surface area contributed by atoms with E-state index in [2.05, 4.69) is 20.8 Å². The number of carbonyl (C=O) groups is 2. The molecule has 86 valence electrons. The zero-order valence-corrected chi connectivity index (χ0v) is 9.65. The van der Waals surface area contributed by atoms with E-state index in [-0.39, 0.29) is 11.3 Å². The number of phenols is 1. The van der Waals surface area contributed by atoms with E-state index in [4.69, 9.17) is 5.73 Å². The number of hydrogen-bond donors (Lipinski definition) is 3. The number of phenolic OH excluding ortho intramolecular Hbond substituents is 1. The molecule has 0 aliphatic heterocycles. The molecule has 1 aromatic rings. The quantitative estimate of drug-likeness (QED) is 0.694. The molecule has 0 aliphatic rings. The van der Waals surface area contributed by atoms with Gasteiger partial charge in [-0.3, -0.25) is 14.4 Å². The average Bonchev–Trinajstić information content (AvgIpc) is 2.21. The van der Waals surface area contributed by atoms with Crippen LogP contribution in [0.2, 0.25) is 0 Å². The fourth-order valence-corrected chi connectivity index (χ4v) is 1.13. The topological polar surface area (TPSA) is 102 Å². The normalized spacial score (nSPS) is 9.81. The molecule has 1 aromatic carbocycles. The van der Waals surface area contributed by atoms with Crippen LogP contribution in [0, 0.1) is 0 Å². The van der Waals surface area contributed by atoms with Crippen LogP contribution in [0.25, 0.3) is 0 Å². The van der Waals surface area contributed by atoms with Crippen molar-refractivity contribution in [2.75, 3.05) is 6.61 Å². The molecule has 0 unspecified atom stereocenters. The van der Waals surface area contributed by atoms with Gasteiger partial charge in [-0.05, 0) is 34.1 Å². The van der Waals surface area contributed by atoms with Gasteiger partial charge in [-0.1, -0.05) is 0 Å². The van der Waals surface area contributed by atoms with Crippen LogP contribution >= 0.6 is 15.9 Å². The van der Waals surface area contributed by atoms with Gasteiger partial charge in [-0.2, -0.15) is 0 Å². The van der Waals surface area contributed by atoms with Gasteiger partial charge >= 0.3 is 0 Å². The van der Waals surface area contributed by atoms with Gasteiger partial charge < -0.3 is 10.8 Å². The largest absolute Gasteiger partial charge is 0.507 e. The summed E-state index contributed by atoms with van der Waals surface area (Å²) in [6.45, 7) is -0.408. The van der Waals surface area contributed by atoms with Crippen molar-refractivity contribution in [3.05, 3.63) is 28.2 Å². The summed E-state index contributed by atoms with van der Waals surface area (Å²) in [4.78, 5) is 26.2. The molecule has 0 saturated heterocycles. The van der Waals surface area contributed by atoms with Crippen LogP contribution in [-0.4, -0.2) is 23.5 Å². The van der Waals surface area contributed by atoms with Crippen molar-refractivity contribution < 1.29 is 19.5 Å². The number of nitrogens with two attached hydrogens (primary N) is 1. The molecule has 0 spiro atoms. The Balaban J connectivity index is 2.59. The van der Waals surface area contributed by atoms with E-state index >= 15 is 0 Å². The van der Waals surface area contributed by atoms with Crippen LogP contribution in [0.1, 0.15) is 10.4 Å². The maximum Gasteiger partial charge on any atom is 0.274 e. The Morgan fingerprint density at radius 3 is 2.75 bits per heavy atom. The summed E-state index contributed by atoms with van der Waals surface area (Å²) in [5.41, 5.74) is 7.01. The highest BCUT2D eigenvalue weighted by atomic mass is 79.9. The Morgan fingerprint density at radius 1 is 1.50 bits per heavy atom. The molecule has 0 aromatic heterocycles. The fourth-order valence-electron chi connectivity index (χ4n) is 0.886. The van der Waals surface area contributed by atoms with Gasteiger partial charge in [0.2, 0.25) is 5.91 Å². The van der Waals surface area contributed by atoms with Crippen molar-refractivity contribution in [1.29, 1.82) is 0 Å². The fraction of sp³-hybridized carbons (Fsp3) is 0.111. The van der Waals surface area contributed by atoms with Crippen LogP contribution in [0.5, 0.6) is 5.75 Å². The summed E-state index contributed by atoms with van der Waals surface area (Å²) in [5.74, 6) is -1.34. The predicted octanol–water partition coefficient (Wildman–Crippen LogP) is 0.301. The summed E-state index contributed by atoms with van der Waals surface area (Å²) in [6, 6.07) is 4.25. The number of rotatable bonds is 4. The lowest BCUT2D eigenvalue weighted by atomic mass is 10.2. The third-order valence-electron chi connectivity index (χ3n) is 1.59. The Morgan fingerprint density at radius 2 is 2.19 bits per heavy atom. The number of nitrogens with one attached hydrogen (secondary N) is 1. The van der Waals surface area contributed by atoms with Crippen molar-refractivity contribution in [2.45, 2.75) is 0 Å². The first kappa shape index (κ1) is 12.5. The molecular weight excluding hydrogens is 280 g/mol. The summed E-state index contributed by atoms with van der Waals surface area (Å²) >= 11 is 3.08. The Bertz CT molecular complexity index is 422. The Kier molecular flexibility index (Phi) is 4.27. The SMILES string of the molecule is NC(=O)CONC(=O)c1ccc(Br)c(O)c1. The first-order chi connectivity index (χ1) is 7.50. The van der Waals surface area contributed by atoms with Gasteiger partial charge in [0.05, 0.1) is 4.47 Å². The van der Waals surface area contributed by atoms with E-state index in [1.165, 1.54) is 18.2 Å². The summed E-state index contributed by atoms with van der Waals surface area (Å²) < 4.78 is 0.474. The molecule has 2 amide bonds. The number of hydroxylamine groups is 1. The first-order valence-electron chi connectivity index (χ1n) is 4.19. The van der Waals surface area contributed by atoms with Gasteiger partial charge in [0, 0.05) is 5.56 Å². The van der Waals surface area contributed by atoms with Crippen molar-refractivity contribution >= 4 is 27.7 Å². The minimum atomic E-state index is -0.695.